The molecule has 0 bridgehead atoms. The van der Waals surface area contributed by atoms with E-state index in [-0.39, 0.29) is 0 Å². The monoisotopic (exact) mass is 296 g/mol. The molecule has 0 aliphatic rings. The fraction of sp³-hybridized carbons (Fsp3) is 0.947. The Balaban J connectivity index is 2.93. The topological polar surface area (TPSA) is 38.4 Å². The van der Waals surface area contributed by atoms with Crippen LogP contribution in [0.2, 0.25) is 0 Å². The van der Waals surface area contributed by atoms with Gasteiger partial charge in [-0.2, -0.15) is 5.10 Å². The van der Waals surface area contributed by atoms with E-state index in [2.05, 4.69) is 12.0 Å². The Morgan fingerprint density at radius 2 is 0.905 bits per heavy atom. The Labute approximate surface area is 134 Å². The quantitative estimate of drug-likeness (QED) is 0.140. The minimum atomic E-state index is 1.05. The zero-order valence-corrected chi connectivity index (χ0v) is 14.6. The van der Waals surface area contributed by atoms with Gasteiger partial charge in [0.2, 0.25) is 0 Å². The standard InChI is InChI=1S/C19H40N2/c1-2-3-4-5-6-7-8-9-10-11-12-13-14-15-16-17-18-19-21-20/h19H,2-18,20H2,1H3. The van der Waals surface area contributed by atoms with Crippen molar-refractivity contribution in [2.45, 2.75) is 116 Å². The highest BCUT2D eigenvalue weighted by molar-refractivity contribution is 5.56. The summed E-state index contributed by atoms with van der Waals surface area (Å²) >= 11 is 0. The first-order chi connectivity index (χ1) is 10.4. The lowest BCUT2D eigenvalue weighted by molar-refractivity contribution is 0.530. The van der Waals surface area contributed by atoms with Gasteiger partial charge in [-0.1, -0.05) is 103 Å². The van der Waals surface area contributed by atoms with E-state index in [4.69, 9.17) is 5.84 Å². The molecule has 0 aliphatic heterocycles. The molecule has 0 heterocycles. The number of hydrogen-bond acceptors (Lipinski definition) is 2. The van der Waals surface area contributed by atoms with Crippen molar-refractivity contribution in [1.29, 1.82) is 0 Å². The fourth-order valence-electron chi connectivity index (χ4n) is 2.86. The summed E-state index contributed by atoms with van der Waals surface area (Å²) in [5, 5.41) is 3.52. The second-order valence-electron chi connectivity index (χ2n) is 6.42. The Hall–Kier alpha value is -0.530. The van der Waals surface area contributed by atoms with Crippen LogP contribution in [-0.4, -0.2) is 6.21 Å². The fourth-order valence-corrected chi connectivity index (χ4v) is 2.86. The molecule has 0 aromatic carbocycles. The molecule has 0 spiro atoms. The molecule has 0 rings (SSSR count). The molecular weight excluding hydrogens is 256 g/mol. The first-order valence-corrected chi connectivity index (χ1v) is 9.63. The van der Waals surface area contributed by atoms with Gasteiger partial charge in [0.25, 0.3) is 0 Å². The largest absolute Gasteiger partial charge is 0.324 e. The highest BCUT2D eigenvalue weighted by atomic mass is 15.1. The first kappa shape index (κ1) is 20.5. The Kier molecular flexibility index (Phi) is 19.0. The molecule has 0 unspecified atom stereocenters. The van der Waals surface area contributed by atoms with Crippen molar-refractivity contribution >= 4 is 6.21 Å². The second-order valence-corrected chi connectivity index (χ2v) is 6.42. The van der Waals surface area contributed by atoms with Gasteiger partial charge in [-0.3, -0.25) is 0 Å². The molecule has 126 valence electrons. The number of unbranched alkanes of at least 4 members (excludes halogenated alkanes) is 16. The lowest BCUT2D eigenvalue weighted by atomic mass is 10.0. The van der Waals surface area contributed by atoms with Crippen LogP contribution in [-0.2, 0) is 0 Å². The third-order valence-corrected chi connectivity index (χ3v) is 4.29. The Bertz CT molecular complexity index is 202. The van der Waals surface area contributed by atoms with Crippen LogP contribution in [0.1, 0.15) is 116 Å². The van der Waals surface area contributed by atoms with E-state index in [1.165, 1.54) is 103 Å². The molecule has 0 aliphatic carbocycles. The summed E-state index contributed by atoms with van der Waals surface area (Å²) in [6.07, 6.45) is 25.6. The van der Waals surface area contributed by atoms with Crippen LogP contribution in [0.4, 0.5) is 0 Å². The summed E-state index contributed by atoms with van der Waals surface area (Å²) in [6.45, 7) is 2.29. The van der Waals surface area contributed by atoms with Gasteiger partial charge in [-0.15, -0.1) is 0 Å². The molecule has 0 amide bonds. The van der Waals surface area contributed by atoms with Crippen molar-refractivity contribution in [3.8, 4) is 0 Å². The van der Waals surface area contributed by atoms with Gasteiger partial charge in [0.1, 0.15) is 0 Å². The zero-order chi connectivity index (χ0) is 15.4. The van der Waals surface area contributed by atoms with Crippen LogP contribution in [0.5, 0.6) is 0 Å². The van der Waals surface area contributed by atoms with E-state index in [0.29, 0.717) is 0 Å². The molecule has 0 fully saturated rings. The van der Waals surface area contributed by atoms with Crippen LogP contribution in [0.25, 0.3) is 0 Å². The van der Waals surface area contributed by atoms with Crippen LogP contribution in [0, 0.1) is 0 Å². The maximum atomic E-state index is 5.06. The van der Waals surface area contributed by atoms with Gasteiger partial charge in [-0.05, 0) is 12.8 Å². The summed E-state index contributed by atoms with van der Waals surface area (Å²) < 4.78 is 0. The minimum absolute atomic E-state index is 1.05. The molecule has 0 aromatic heterocycles. The summed E-state index contributed by atoms with van der Waals surface area (Å²) in [5.74, 6) is 5.06. The van der Waals surface area contributed by atoms with Gasteiger partial charge >= 0.3 is 0 Å². The Morgan fingerprint density at radius 3 is 1.24 bits per heavy atom. The SMILES string of the molecule is CCCCCCCCCCCCCCCCCCC=NN. The number of hydrogen-bond donors (Lipinski definition) is 1. The number of nitrogens with zero attached hydrogens (tertiary/aromatic N) is 1. The molecule has 21 heavy (non-hydrogen) atoms. The molecular formula is C19H40N2. The average Bonchev–Trinajstić information content (AvgIpc) is 2.50. The van der Waals surface area contributed by atoms with Crippen molar-refractivity contribution in [2.75, 3.05) is 0 Å². The van der Waals surface area contributed by atoms with E-state index >= 15 is 0 Å². The molecule has 0 saturated carbocycles. The molecule has 0 radical (unpaired) electrons. The first-order valence-electron chi connectivity index (χ1n) is 9.63. The maximum Gasteiger partial charge on any atom is 0.0240 e. The van der Waals surface area contributed by atoms with Crippen molar-refractivity contribution in [3.63, 3.8) is 0 Å². The van der Waals surface area contributed by atoms with E-state index in [1.807, 2.05) is 6.21 Å². The van der Waals surface area contributed by atoms with Crippen LogP contribution >= 0.6 is 0 Å². The molecule has 2 N–H and O–H groups in total. The van der Waals surface area contributed by atoms with Crippen molar-refractivity contribution in [2.24, 2.45) is 10.9 Å². The van der Waals surface area contributed by atoms with E-state index < -0.39 is 0 Å². The normalized spacial score (nSPS) is 11.5. The van der Waals surface area contributed by atoms with Gasteiger partial charge in [0.15, 0.2) is 0 Å². The lowest BCUT2D eigenvalue weighted by Gasteiger charge is -2.03. The van der Waals surface area contributed by atoms with Gasteiger partial charge in [0, 0.05) is 6.21 Å². The van der Waals surface area contributed by atoms with E-state index in [1.54, 1.807) is 0 Å². The highest BCUT2D eigenvalue weighted by Gasteiger charge is 1.94. The summed E-state index contributed by atoms with van der Waals surface area (Å²) in [4.78, 5) is 0. The maximum absolute atomic E-state index is 5.06. The smallest absolute Gasteiger partial charge is 0.0240 e. The third kappa shape index (κ3) is 19.5. The van der Waals surface area contributed by atoms with Crippen LogP contribution in [0.15, 0.2) is 5.10 Å². The summed E-state index contributed by atoms with van der Waals surface area (Å²) in [7, 11) is 0. The predicted molar refractivity (Wildman–Crippen MR) is 96.8 cm³/mol. The summed E-state index contributed by atoms with van der Waals surface area (Å²) in [5.41, 5.74) is 0. The number of rotatable bonds is 17. The molecule has 0 saturated heterocycles. The van der Waals surface area contributed by atoms with Crippen molar-refractivity contribution < 1.29 is 0 Å². The van der Waals surface area contributed by atoms with Crippen molar-refractivity contribution in [1.82, 2.24) is 0 Å². The lowest BCUT2D eigenvalue weighted by Crippen LogP contribution is -1.85. The van der Waals surface area contributed by atoms with Gasteiger partial charge in [0.05, 0.1) is 0 Å². The highest BCUT2D eigenvalue weighted by Crippen LogP contribution is 2.13. The van der Waals surface area contributed by atoms with E-state index in [0.717, 1.165) is 6.42 Å². The zero-order valence-electron chi connectivity index (χ0n) is 14.6. The van der Waals surface area contributed by atoms with Crippen LogP contribution in [0.3, 0.4) is 0 Å². The third-order valence-electron chi connectivity index (χ3n) is 4.29. The minimum Gasteiger partial charge on any atom is -0.324 e. The molecule has 2 heteroatoms. The second kappa shape index (κ2) is 19.5. The Morgan fingerprint density at radius 1 is 0.571 bits per heavy atom. The van der Waals surface area contributed by atoms with Gasteiger partial charge in [-0.25, -0.2) is 0 Å². The number of nitrogens with two attached hydrogens (primary N) is 1. The molecule has 0 aromatic rings. The van der Waals surface area contributed by atoms with Crippen molar-refractivity contribution in [3.05, 3.63) is 0 Å². The van der Waals surface area contributed by atoms with Gasteiger partial charge < -0.3 is 5.84 Å². The predicted octanol–water partition coefficient (Wildman–Crippen LogP) is 6.58. The average molecular weight is 297 g/mol. The molecule has 2 nitrogen and oxygen atoms in total. The summed E-state index contributed by atoms with van der Waals surface area (Å²) in [6, 6.07) is 0. The van der Waals surface area contributed by atoms with E-state index in [9.17, 15) is 0 Å². The van der Waals surface area contributed by atoms with Crippen LogP contribution < -0.4 is 5.84 Å². The molecule has 0 atom stereocenters. The number of hydrazone groups is 1.